The molecule has 1 aromatic heterocycles. The Balaban J connectivity index is 3.05. The van der Waals surface area contributed by atoms with Crippen LogP contribution >= 0.6 is 22.6 Å². The summed E-state index contributed by atoms with van der Waals surface area (Å²) in [6.07, 6.45) is 1.49. The molecule has 0 spiro atoms. The Labute approximate surface area is 74.2 Å². The summed E-state index contributed by atoms with van der Waals surface area (Å²) < 4.78 is 6.17. The molecule has 0 amide bonds. The Morgan fingerprint density at radius 2 is 2.10 bits per heavy atom. The molecule has 0 saturated heterocycles. The zero-order chi connectivity index (χ0) is 7.78. The van der Waals surface area contributed by atoms with E-state index in [9.17, 15) is 0 Å². The van der Waals surface area contributed by atoms with Gasteiger partial charge in [0.25, 0.3) is 0 Å². The molecular weight excluding hydrogens is 241 g/mol. The molecule has 56 valence electrons. The van der Waals surface area contributed by atoms with E-state index in [-0.39, 0.29) is 5.41 Å². The van der Waals surface area contributed by atoms with E-state index < -0.39 is 0 Å². The molecule has 0 saturated carbocycles. The minimum absolute atomic E-state index is 0.0764. The lowest BCUT2D eigenvalue weighted by Gasteiger charge is -2.13. The van der Waals surface area contributed by atoms with Crippen molar-refractivity contribution in [1.82, 2.24) is 4.98 Å². The highest BCUT2D eigenvalue weighted by atomic mass is 127. The molecule has 0 N–H and O–H groups in total. The standard InChI is InChI=1S/C7H10INO/c1-7(2,3)5-6(8)9-4-10-5/h4H,1-3H3. The highest BCUT2D eigenvalue weighted by Gasteiger charge is 2.21. The van der Waals surface area contributed by atoms with Crippen LogP contribution in [0.3, 0.4) is 0 Å². The van der Waals surface area contributed by atoms with Crippen LogP contribution in [0.15, 0.2) is 10.8 Å². The first-order valence-corrected chi connectivity index (χ1v) is 4.19. The van der Waals surface area contributed by atoms with Gasteiger partial charge in [-0.15, -0.1) is 0 Å². The SMILES string of the molecule is CC(C)(C)c1ocnc1I. The van der Waals surface area contributed by atoms with Crippen LogP contribution < -0.4 is 0 Å². The average Bonchev–Trinajstić information content (AvgIpc) is 2.11. The lowest BCUT2D eigenvalue weighted by Crippen LogP contribution is -2.11. The summed E-state index contributed by atoms with van der Waals surface area (Å²) in [7, 11) is 0. The lowest BCUT2D eigenvalue weighted by atomic mass is 9.94. The van der Waals surface area contributed by atoms with Gasteiger partial charge in [0.1, 0.15) is 9.46 Å². The second kappa shape index (κ2) is 2.53. The van der Waals surface area contributed by atoms with Crippen LogP contribution in [-0.4, -0.2) is 4.98 Å². The van der Waals surface area contributed by atoms with Crippen LogP contribution in [0.4, 0.5) is 0 Å². The van der Waals surface area contributed by atoms with Crippen LogP contribution in [0.1, 0.15) is 26.5 Å². The molecule has 0 aliphatic rings. The Bertz CT molecular complexity index is 224. The number of rotatable bonds is 0. The molecule has 0 aliphatic carbocycles. The first-order chi connectivity index (χ1) is 4.52. The van der Waals surface area contributed by atoms with E-state index in [1.165, 1.54) is 6.39 Å². The molecule has 1 heterocycles. The molecule has 3 heteroatoms. The molecule has 1 rings (SSSR count). The van der Waals surface area contributed by atoms with Crippen LogP contribution in [0.25, 0.3) is 0 Å². The van der Waals surface area contributed by atoms with E-state index in [0.29, 0.717) is 0 Å². The molecule has 1 aromatic rings. The van der Waals surface area contributed by atoms with Gasteiger partial charge in [0, 0.05) is 5.41 Å². The maximum Gasteiger partial charge on any atom is 0.181 e. The molecule has 0 atom stereocenters. The third-order valence-corrected chi connectivity index (χ3v) is 1.97. The second-order valence-electron chi connectivity index (χ2n) is 3.22. The largest absolute Gasteiger partial charge is 0.447 e. The Morgan fingerprint density at radius 3 is 2.30 bits per heavy atom. The summed E-state index contributed by atoms with van der Waals surface area (Å²) in [6.45, 7) is 6.32. The van der Waals surface area contributed by atoms with Crippen molar-refractivity contribution >= 4 is 22.6 Å². The first-order valence-electron chi connectivity index (χ1n) is 3.11. The molecular formula is C7H10INO. The van der Waals surface area contributed by atoms with Crippen molar-refractivity contribution in [1.29, 1.82) is 0 Å². The summed E-state index contributed by atoms with van der Waals surface area (Å²) in [5.74, 6) is 0.966. The van der Waals surface area contributed by atoms with Crippen molar-refractivity contribution in [2.24, 2.45) is 0 Å². The van der Waals surface area contributed by atoms with Gasteiger partial charge in [0.15, 0.2) is 6.39 Å². The van der Waals surface area contributed by atoms with Gasteiger partial charge in [-0.05, 0) is 22.6 Å². The van der Waals surface area contributed by atoms with E-state index in [2.05, 4.69) is 48.3 Å². The Morgan fingerprint density at radius 1 is 1.50 bits per heavy atom. The van der Waals surface area contributed by atoms with Gasteiger partial charge in [-0.25, -0.2) is 4.98 Å². The number of hydrogen-bond acceptors (Lipinski definition) is 2. The fourth-order valence-electron chi connectivity index (χ4n) is 0.719. The minimum Gasteiger partial charge on any atom is -0.447 e. The van der Waals surface area contributed by atoms with E-state index in [1.54, 1.807) is 0 Å². The Hall–Kier alpha value is -0.0600. The van der Waals surface area contributed by atoms with Gasteiger partial charge in [-0.1, -0.05) is 20.8 Å². The normalized spacial score (nSPS) is 12.0. The monoisotopic (exact) mass is 251 g/mol. The molecule has 0 bridgehead atoms. The second-order valence-corrected chi connectivity index (χ2v) is 4.24. The Kier molecular flexibility index (Phi) is 2.03. The van der Waals surface area contributed by atoms with Crippen molar-refractivity contribution in [3.05, 3.63) is 15.9 Å². The fraction of sp³-hybridized carbons (Fsp3) is 0.571. The molecule has 0 radical (unpaired) electrons. The predicted octanol–water partition coefficient (Wildman–Crippen LogP) is 2.58. The smallest absolute Gasteiger partial charge is 0.181 e. The quantitative estimate of drug-likeness (QED) is 0.662. The number of oxazole rings is 1. The van der Waals surface area contributed by atoms with Crippen molar-refractivity contribution in [3.8, 4) is 0 Å². The van der Waals surface area contributed by atoms with E-state index in [0.717, 1.165) is 9.46 Å². The average molecular weight is 251 g/mol. The fourth-order valence-corrected chi connectivity index (χ4v) is 1.77. The summed E-state index contributed by atoms with van der Waals surface area (Å²) in [4.78, 5) is 4.00. The number of nitrogens with zero attached hydrogens (tertiary/aromatic N) is 1. The third kappa shape index (κ3) is 1.51. The summed E-state index contributed by atoms with van der Waals surface area (Å²) >= 11 is 2.18. The topological polar surface area (TPSA) is 26.0 Å². The third-order valence-electron chi connectivity index (χ3n) is 1.21. The highest BCUT2D eigenvalue weighted by molar-refractivity contribution is 14.1. The number of hydrogen-bond donors (Lipinski definition) is 0. The molecule has 10 heavy (non-hydrogen) atoms. The van der Waals surface area contributed by atoms with Gasteiger partial charge in [0.05, 0.1) is 0 Å². The lowest BCUT2D eigenvalue weighted by molar-refractivity contribution is 0.405. The van der Waals surface area contributed by atoms with Crippen LogP contribution in [0, 0.1) is 3.70 Å². The zero-order valence-corrected chi connectivity index (χ0v) is 8.47. The van der Waals surface area contributed by atoms with Crippen molar-refractivity contribution in [3.63, 3.8) is 0 Å². The van der Waals surface area contributed by atoms with Crippen LogP contribution in [0.2, 0.25) is 0 Å². The molecule has 0 unspecified atom stereocenters. The maximum atomic E-state index is 5.21. The molecule has 0 fully saturated rings. The first kappa shape index (κ1) is 8.04. The van der Waals surface area contributed by atoms with Crippen LogP contribution in [-0.2, 0) is 5.41 Å². The summed E-state index contributed by atoms with van der Waals surface area (Å²) in [5, 5.41) is 0. The minimum atomic E-state index is 0.0764. The number of aromatic nitrogens is 1. The number of halogens is 1. The van der Waals surface area contributed by atoms with E-state index in [4.69, 9.17) is 4.42 Å². The molecule has 2 nitrogen and oxygen atoms in total. The predicted molar refractivity (Wildman–Crippen MR) is 47.9 cm³/mol. The van der Waals surface area contributed by atoms with Crippen LogP contribution in [0.5, 0.6) is 0 Å². The van der Waals surface area contributed by atoms with Crippen molar-refractivity contribution in [2.45, 2.75) is 26.2 Å². The zero-order valence-electron chi connectivity index (χ0n) is 6.31. The van der Waals surface area contributed by atoms with Crippen molar-refractivity contribution in [2.75, 3.05) is 0 Å². The highest BCUT2D eigenvalue weighted by Crippen LogP contribution is 2.25. The van der Waals surface area contributed by atoms with Gasteiger partial charge < -0.3 is 4.42 Å². The molecule has 0 aliphatic heterocycles. The summed E-state index contributed by atoms with van der Waals surface area (Å²) in [5.41, 5.74) is 0.0764. The van der Waals surface area contributed by atoms with Gasteiger partial charge >= 0.3 is 0 Å². The summed E-state index contributed by atoms with van der Waals surface area (Å²) in [6, 6.07) is 0. The van der Waals surface area contributed by atoms with Gasteiger partial charge in [-0.2, -0.15) is 0 Å². The van der Waals surface area contributed by atoms with Gasteiger partial charge in [0.2, 0.25) is 0 Å². The van der Waals surface area contributed by atoms with Gasteiger partial charge in [-0.3, -0.25) is 0 Å². The van der Waals surface area contributed by atoms with E-state index >= 15 is 0 Å². The molecule has 0 aromatic carbocycles. The maximum absolute atomic E-state index is 5.21. The van der Waals surface area contributed by atoms with E-state index in [1.807, 2.05) is 0 Å². The van der Waals surface area contributed by atoms with Crippen molar-refractivity contribution < 1.29 is 4.42 Å².